The van der Waals surface area contributed by atoms with E-state index in [0.29, 0.717) is 0 Å². The summed E-state index contributed by atoms with van der Waals surface area (Å²) >= 11 is 5.93. The predicted molar refractivity (Wildman–Crippen MR) is 86.5 cm³/mol. The maximum absolute atomic E-state index is 12.6. The van der Waals surface area contributed by atoms with Gasteiger partial charge < -0.3 is 10.2 Å². The van der Waals surface area contributed by atoms with Crippen molar-refractivity contribution < 1.29 is 4.79 Å². The van der Waals surface area contributed by atoms with E-state index >= 15 is 0 Å². The molecule has 1 N–H and O–H groups in total. The van der Waals surface area contributed by atoms with Crippen molar-refractivity contribution >= 4 is 17.5 Å². The standard InChI is InChI=1S/C16H24ClN3O/c1-12(14-4-6-15(17)7-5-14)19(3)13(2)16(21)20-10-8-18-9-11-20/h4-7,12-13,18H,8-11H2,1-3H3. The van der Waals surface area contributed by atoms with Crippen LogP contribution in [0.25, 0.3) is 0 Å². The van der Waals surface area contributed by atoms with Gasteiger partial charge in [0.25, 0.3) is 0 Å². The van der Waals surface area contributed by atoms with Crippen LogP contribution in [0.4, 0.5) is 0 Å². The molecule has 116 valence electrons. The number of hydrogen-bond donors (Lipinski definition) is 1. The van der Waals surface area contributed by atoms with E-state index in [1.54, 1.807) is 0 Å². The van der Waals surface area contributed by atoms with Gasteiger partial charge in [0.2, 0.25) is 5.91 Å². The molecule has 2 atom stereocenters. The summed E-state index contributed by atoms with van der Waals surface area (Å²) in [5.41, 5.74) is 1.17. The van der Waals surface area contributed by atoms with Gasteiger partial charge in [-0.3, -0.25) is 9.69 Å². The first-order valence-electron chi connectivity index (χ1n) is 7.47. The van der Waals surface area contributed by atoms with Crippen LogP contribution in [0.1, 0.15) is 25.5 Å². The summed E-state index contributed by atoms with van der Waals surface area (Å²) in [5, 5.41) is 4.01. The average Bonchev–Trinajstić information content (AvgIpc) is 2.53. The molecular formula is C16H24ClN3O. The molecule has 0 aliphatic carbocycles. The number of hydrogen-bond acceptors (Lipinski definition) is 3. The Bertz CT molecular complexity index is 471. The van der Waals surface area contributed by atoms with Gasteiger partial charge >= 0.3 is 0 Å². The van der Waals surface area contributed by atoms with Crippen LogP contribution >= 0.6 is 11.6 Å². The molecule has 2 rings (SSSR count). The largest absolute Gasteiger partial charge is 0.339 e. The lowest BCUT2D eigenvalue weighted by molar-refractivity contribution is -0.137. The zero-order valence-corrected chi connectivity index (χ0v) is 13.7. The molecule has 1 saturated heterocycles. The Kier molecular flexibility index (Phi) is 5.62. The van der Waals surface area contributed by atoms with Gasteiger partial charge in [0, 0.05) is 37.2 Å². The second kappa shape index (κ2) is 7.25. The Hall–Kier alpha value is -1.10. The van der Waals surface area contributed by atoms with Crippen molar-refractivity contribution in [2.45, 2.75) is 25.9 Å². The second-order valence-corrected chi connectivity index (χ2v) is 6.08. The topological polar surface area (TPSA) is 35.6 Å². The summed E-state index contributed by atoms with van der Waals surface area (Å²) in [4.78, 5) is 16.6. The molecule has 1 aliphatic heterocycles. The summed E-state index contributed by atoms with van der Waals surface area (Å²) in [7, 11) is 2.00. The number of carbonyl (C=O) groups excluding carboxylic acids is 1. The lowest BCUT2D eigenvalue weighted by atomic mass is 10.1. The number of nitrogens with one attached hydrogen (secondary N) is 1. The predicted octanol–water partition coefficient (Wildman–Crippen LogP) is 2.15. The minimum Gasteiger partial charge on any atom is -0.339 e. The van der Waals surface area contributed by atoms with Gasteiger partial charge in [0.1, 0.15) is 0 Å². The van der Waals surface area contributed by atoms with Crippen LogP contribution in [0.3, 0.4) is 0 Å². The zero-order chi connectivity index (χ0) is 15.4. The summed E-state index contributed by atoms with van der Waals surface area (Å²) in [6, 6.07) is 7.86. The molecule has 5 heteroatoms. The lowest BCUT2D eigenvalue weighted by Crippen LogP contribution is -2.52. The maximum atomic E-state index is 12.6. The average molecular weight is 310 g/mol. The van der Waals surface area contributed by atoms with Crippen LogP contribution < -0.4 is 5.32 Å². The molecule has 4 nitrogen and oxygen atoms in total. The van der Waals surface area contributed by atoms with Crippen molar-refractivity contribution in [3.05, 3.63) is 34.9 Å². The van der Waals surface area contributed by atoms with Crippen molar-refractivity contribution in [1.82, 2.24) is 15.1 Å². The van der Waals surface area contributed by atoms with E-state index in [0.717, 1.165) is 31.2 Å². The Labute approximate surface area is 132 Å². The first kappa shape index (κ1) is 16.3. The van der Waals surface area contributed by atoms with Crippen LogP contribution in [0.5, 0.6) is 0 Å². The number of carbonyl (C=O) groups is 1. The number of piperazine rings is 1. The van der Waals surface area contributed by atoms with E-state index in [-0.39, 0.29) is 18.0 Å². The Morgan fingerprint density at radius 1 is 1.24 bits per heavy atom. The lowest BCUT2D eigenvalue weighted by Gasteiger charge is -2.35. The highest BCUT2D eigenvalue weighted by atomic mass is 35.5. The molecular weight excluding hydrogens is 286 g/mol. The molecule has 0 spiro atoms. The quantitative estimate of drug-likeness (QED) is 0.926. The minimum absolute atomic E-state index is 0.131. The molecule has 0 aromatic heterocycles. The summed E-state index contributed by atoms with van der Waals surface area (Å²) in [5.74, 6) is 0.208. The van der Waals surface area contributed by atoms with Crippen molar-refractivity contribution in [2.75, 3.05) is 33.2 Å². The molecule has 1 amide bonds. The zero-order valence-electron chi connectivity index (χ0n) is 13.0. The van der Waals surface area contributed by atoms with E-state index in [2.05, 4.69) is 17.1 Å². The minimum atomic E-state index is -0.131. The van der Waals surface area contributed by atoms with Crippen molar-refractivity contribution in [3.63, 3.8) is 0 Å². The van der Waals surface area contributed by atoms with E-state index in [1.165, 1.54) is 5.56 Å². The molecule has 0 saturated carbocycles. The van der Waals surface area contributed by atoms with Gasteiger partial charge in [-0.15, -0.1) is 0 Å². The monoisotopic (exact) mass is 309 g/mol. The van der Waals surface area contributed by atoms with Gasteiger partial charge in [-0.05, 0) is 38.6 Å². The van der Waals surface area contributed by atoms with E-state index < -0.39 is 0 Å². The third-order valence-electron chi connectivity index (χ3n) is 4.36. The fourth-order valence-electron chi connectivity index (χ4n) is 2.64. The first-order valence-corrected chi connectivity index (χ1v) is 7.85. The van der Waals surface area contributed by atoms with Gasteiger partial charge in [0.15, 0.2) is 0 Å². The highest BCUT2D eigenvalue weighted by molar-refractivity contribution is 6.30. The van der Waals surface area contributed by atoms with Gasteiger partial charge in [-0.1, -0.05) is 23.7 Å². The maximum Gasteiger partial charge on any atom is 0.239 e. The summed E-state index contributed by atoms with van der Waals surface area (Å²) < 4.78 is 0. The Morgan fingerprint density at radius 3 is 2.38 bits per heavy atom. The van der Waals surface area contributed by atoms with Crippen LogP contribution in [-0.4, -0.2) is 55.0 Å². The third-order valence-corrected chi connectivity index (χ3v) is 4.61. The van der Waals surface area contributed by atoms with Gasteiger partial charge in [0.05, 0.1) is 6.04 Å². The molecule has 1 aromatic rings. The number of amides is 1. The molecule has 1 fully saturated rings. The van der Waals surface area contributed by atoms with Crippen molar-refractivity contribution in [2.24, 2.45) is 0 Å². The number of benzene rings is 1. The summed E-state index contributed by atoms with van der Waals surface area (Å²) in [6.07, 6.45) is 0. The fraction of sp³-hybridized carbons (Fsp3) is 0.562. The van der Waals surface area contributed by atoms with Crippen LogP contribution in [0.2, 0.25) is 5.02 Å². The van der Waals surface area contributed by atoms with Gasteiger partial charge in [-0.25, -0.2) is 0 Å². The molecule has 0 bridgehead atoms. The number of nitrogens with zero attached hydrogens (tertiary/aromatic N) is 2. The molecule has 21 heavy (non-hydrogen) atoms. The smallest absolute Gasteiger partial charge is 0.239 e. The molecule has 1 heterocycles. The first-order chi connectivity index (χ1) is 10.0. The highest BCUT2D eigenvalue weighted by Gasteiger charge is 2.27. The summed E-state index contributed by atoms with van der Waals surface area (Å²) in [6.45, 7) is 7.46. The number of rotatable bonds is 4. The molecule has 1 aliphatic rings. The van der Waals surface area contributed by atoms with E-state index in [4.69, 9.17) is 11.6 Å². The van der Waals surface area contributed by atoms with Crippen molar-refractivity contribution in [3.8, 4) is 0 Å². The van der Waals surface area contributed by atoms with E-state index in [1.807, 2.05) is 43.1 Å². The fourth-order valence-corrected chi connectivity index (χ4v) is 2.76. The second-order valence-electron chi connectivity index (χ2n) is 5.64. The highest BCUT2D eigenvalue weighted by Crippen LogP contribution is 2.23. The van der Waals surface area contributed by atoms with Crippen LogP contribution in [-0.2, 0) is 4.79 Å². The van der Waals surface area contributed by atoms with Gasteiger partial charge in [-0.2, -0.15) is 0 Å². The van der Waals surface area contributed by atoms with Crippen LogP contribution in [0, 0.1) is 0 Å². The molecule has 0 radical (unpaired) electrons. The number of halogens is 1. The Balaban J connectivity index is 2.01. The van der Waals surface area contributed by atoms with Crippen LogP contribution in [0.15, 0.2) is 24.3 Å². The molecule has 1 aromatic carbocycles. The SMILES string of the molecule is CC(C(=O)N1CCNCC1)N(C)C(C)c1ccc(Cl)cc1. The van der Waals surface area contributed by atoms with Crippen molar-refractivity contribution in [1.29, 1.82) is 0 Å². The Morgan fingerprint density at radius 2 is 1.81 bits per heavy atom. The third kappa shape index (κ3) is 3.96. The molecule has 2 unspecified atom stereocenters. The normalized spacial score (nSPS) is 18.6. The van der Waals surface area contributed by atoms with E-state index in [9.17, 15) is 4.79 Å². The number of likely N-dealkylation sites (N-methyl/N-ethyl adjacent to an activating group) is 1.